The lowest BCUT2D eigenvalue weighted by Crippen LogP contribution is -2.33. The van der Waals surface area contributed by atoms with Crippen molar-refractivity contribution in [1.29, 1.82) is 0 Å². The summed E-state index contributed by atoms with van der Waals surface area (Å²) < 4.78 is 0. The van der Waals surface area contributed by atoms with Gasteiger partial charge in [-0.2, -0.15) is 0 Å². The van der Waals surface area contributed by atoms with E-state index in [1.165, 1.54) is 0 Å². The molecule has 0 radical (unpaired) electrons. The number of carbonyl (C=O) groups is 1. The van der Waals surface area contributed by atoms with Crippen LogP contribution in [-0.4, -0.2) is 31.8 Å². The second-order valence-electron chi connectivity index (χ2n) is 7.05. The monoisotopic (exact) mass is 420 g/mol. The average Bonchev–Trinajstić information content (AvgIpc) is 3.49. The fourth-order valence-electron chi connectivity index (χ4n) is 3.23. The number of amides is 1. The van der Waals surface area contributed by atoms with Gasteiger partial charge in [0.05, 0.1) is 23.8 Å². The summed E-state index contributed by atoms with van der Waals surface area (Å²) in [7, 11) is 0. The summed E-state index contributed by atoms with van der Waals surface area (Å²) in [6, 6.07) is 15.5. The van der Waals surface area contributed by atoms with Crippen LogP contribution in [0.1, 0.15) is 28.2 Å². The topological polar surface area (TPSA) is 59.0 Å². The Kier molecular flexibility index (Phi) is 4.73. The highest BCUT2D eigenvalue weighted by atomic mass is 35.5. The Morgan fingerprint density at radius 3 is 2.55 bits per heavy atom. The van der Waals surface area contributed by atoms with Crippen LogP contribution in [0.3, 0.4) is 0 Å². The molecule has 2 heterocycles. The summed E-state index contributed by atoms with van der Waals surface area (Å²) in [6.45, 7) is 0.531. The lowest BCUT2D eigenvalue weighted by molar-refractivity contribution is 0.0725. The Balaban J connectivity index is 1.39. The van der Waals surface area contributed by atoms with Crippen molar-refractivity contribution in [2.75, 3.05) is 0 Å². The first-order chi connectivity index (χ1) is 14.2. The molecule has 5 rings (SSSR count). The summed E-state index contributed by atoms with van der Waals surface area (Å²) in [5.41, 5.74) is 2.93. The number of halogens is 1. The van der Waals surface area contributed by atoms with Crippen LogP contribution < -0.4 is 0 Å². The standard InChI is InChI=1S/C22H17ClN4OS/c23-15-7-5-14(6-8-15)21-25-11-17(29-21)13-27(16-9-10-16)22(28)20-12-24-18-3-1-2-4-19(18)26-20/h1-8,11-12,16H,9-10,13H2. The molecule has 0 unspecified atom stereocenters. The molecule has 1 saturated carbocycles. The highest BCUT2D eigenvalue weighted by Gasteiger charge is 2.34. The van der Waals surface area contributed by atoms with Crippen molar-refractivity contribution < 1.29 is 4.79 Å². The third-order valence-electron chi connectivity index (χ3n) is 4.89. The SMILES string of the molecule is O=C(c1cnc2ccccc2n1)N(Cc1cnc(-c2ccc(Cl)cc2)s1)C1CC1. The minimum absolute atomic E-state index is 0.0767. The van der Waals surface area contributed by atoms with Gasteiger partial charge < -0.3 is 4.90 Å². The van der Waals surface area contributed by atoms with Gasteiger partial charge in [0.15, 0.2) is 0 Å². The van der Waals surface area contributed by atoms with Gasteiger partial charge in [-0.05, 0) is 37.1 Å². The number of hydrogen-bond donors (Lipinski definition) is 0. The summed E-state index contributed by atoms with van der Waals surface area (Å²) in [5, 5.41) is 1.62. The van der Waals surface area contributed by atoms with Crippen molar-refractivity contribution in [3.8, 4) is 10.6 Å². The molecular weight excluding hydrogens is 404 g/mol. The van der Waals surface area contributed by atoms with Gasteiger partial charge in [0, 0.05) is 27.7 Å². The van der Waals surface area contributed by atoms with Crippen molar-refractivity contribution in [2.45, 2.75) is 25.4 Å². The second-order valence-corrected chi connectivity index (χ2v) is 8.60. The Bertz CT molecular complexity index is 1190. The Morgan fingerprint density at radius 1 is 1.03 bits per heavy atom. The minimum Gasteiger partial charge on any atom is -0.329 e. The number of carbonyl (C=O) groups excluding carboxylic acids is 1. The maximum Gasteiger partial charge on any atom is 0.274 e. The third kappa shape index (κ3) is 3.86. The highest BCUT2D eigenvalue weighted by Crippen LogP contribution is 2.32. The number of fused-ring (bicyclic) bond motifs is 1. The van der Waals surface area contributed by atoms with Crippen LogP contribution in [0.5, 0.6) is 0 Å². The largest absolute Gasteiger partial charge is 0.329 e. The number of thiazole rings is 1. The zero-order valence-electron chi connectivity index (χ0n) is 15.5. The molecule has 0 N–H and O–H groups in total. The Morgan fingerprint density at radius 2 is 1.79 bits per heavy atom. The summed E-state index contributed by atoms with van der Waals surface area (Å²) in [5.74, 6) is -0.0767. The molecule has 0 saturated heterocycles. The fourth-order valence-corrected chi connectivity index (χ4v) is 4.28. The number of hydrogen-bond acceptors (Lipinski definition) is 5. The van der Waals surface area contributed by atoms with E-state index in [2.05, 4.69) is 15.0 Å². The van der Waals surface area contributed by atoms with Gasteiger partial charge in [-0.3, -0.25) is 9.78 Å². The van der Waals surface area contributed by atoms with Gasteiger partial charge >= 0.3 is 0 Å². The van der Waals surface area contributed by atoms with Crippen LogP contribution in [0, 0.1) is 0 Å². The number of para-hydroxylation sites is 2. The maximum absolute atomic E-state index is 13.2. The summed E-state index contributed by atoms with van der Waals surface area (Å²) >= 11 is 7.57. The zero-order valence-corrected chi connectivity index (χ0v) is 17.0. The summed E-state index contributed by atoms with van der Waals surface area (Å²) in [6.07, 6.45) is 5.47. The Hall–Kier alpha value is -2.83. The van der Waals surface area contributed by atoms with E-state index in [1.807, 2.05) is 59.6 Å². The molecule has 1 aliphatic rings. The Labute approximate surface area is 177 Å². The predicted octanol–water partition coefficient (Wildman–Crippen LogP) is 5.21. The first-order valence-corrected chi connectivity index (χ1v) is 10.6. The van der Waals surface area contributed by atoms with E-state index in [4.69, 9.17) is 11.6 Å². The van der Waals surface area contributed by atoms with Crippen LogP contribution in [0.15, 0.2) is 60.9 Å². The molecule has 2 aromatic carbocycles. The van der Waals surface area contributed by atoms with Crippen LogP contribution in [0.4, 0.5) is 0 Å². The van der Waals surface area contributed by atoms with E-state index >= 15 is 0 Å². The molecule has 2 aromatic heterocycles. The lowest BCUT2D eigenvalue weighted by Gasteiger charge is -2.21. The smallest absolute Gasteiger partial charge is 0.274 e. The molecule has 4 aromatic rings. The molecule has 7 heteroatoms. The molecule has 0 atom stereocenters. The molecule has 1 aliphatic carbocycles. The van der Waals surface area contributed by atoms with Gasteiger partial charge in [-0.1, -0.05) is 35.9 Å². The van der Waals surface area contributed by atoms with Crippen LogP contribution in [0.25, 0.3) is 21.6 Å². The van der Waals surface area contributed by atoms with E-state index < -0.39 is 0 Å². The van der Waals surface area contributed by atoms with Crippen LogP contribution >= 0.6 is 22.9 Å². The van der Waals surface area contributed by atoms with Gasteiger partial charge in [0.1, 0.15) is 10.7 Å². The fraction of sp³-hybridized carbons (Fsp3) is 0.182. The van der Waals surface area contributed by atoms with E-state index in [-0.39, 0.29) is 11.9 Å². The second kappa shape index (κ2) is 7.54. The number of benzene rings is 2. The highest BCUT2D eigenvalue weighted by molar-refractivity contribution is 7.15. The molecule has 1 amide bonds. The van der Waals surface area contributed by atoms with Crippen molar-refractivity contribution in [1.82, 2.24) is 19.9 Å². The van der Waals surface area contributed by atoms with Crippen molar-refractivity contribution in [2.24, 2.45) is 0 Å². The molecule has 29 heavy (non-hydrogen) atoms. The molecule has 5 nitrogen and oxygen atoms in total. The van der Waals surface area contributed by atoms with E-state index in [0.717, 1.165) is 39.3 Å². The first kappa shape index (κ1) is 18.2. The predicted molar refractivity (Wildman–Crippen MR) is 115 cm³/mol. The minimum atomic E-state index is -0.0767. The van der Waals surface area contributed by atoms with E-state index in [9.17, 15) is 4.79 Å². The average molecular weight is 421 g/mol. The molecule has 144 valence electrons. The quantitative estimate of drug-likeness (QED) is 0.444. The van der Waals surface area contributed by atoms with Gasteiger partial charge in [-0.15, -0.1) is 11.3 Å². The van der Waals surface area contributed by atoms with Crippen molar-refractivity contribution in [3.63, 3.8) is 0 Å². The van der Waals surface area contributed by atoms with Crippen LogP contribution in [-0.2, 0) is 6.54 Å². The van der Waals surface area contributed by atoms with Gasteiger partial charge in [-0.25, -0.2) is 9.97 Å². The molecule has 0 spiro atoms. The summed E-state index contributed by atoms with van der Waals surface area (Å²) in [4.78, 5) is 29.6. The molecular formula is C22H17ClN4OS. The van der Waals surface area contributed by atoms with E-state index in [0.29, 0.717) is 17.3 Å². The molecule has 0 bridgehead atoms. The first-order valence-electron chi connectivity index (χ1n) is 9.41. The van der Waals surface area contributed by atoms with Crippen LogP contribution in [0.2, 0.25) is 5.02 Å². The van der Waals surface area contributed by atoms with Crippen molar-refractivity contribution >= 4 is 39.9 Å². The van der Waals surface area contributed by atoms with Gasteiger partial charge in [0.2, 0.25) is 0 Å². The normalized spacial score (nSPS) is 13.6. The van der Waals surface area contributed by atoms with Gasteiger partial charge in [0.25, 0.3) is 5.91 Å². The van der Waals surface area contributed by atoms with E-state index in [1.54, 1.807) is 17.5 Å². The molecule has 0 aliphatic heterocycles. The zero-order chi connectivity index (χ0) is 19.8. The number of aromatic nitrogens is 3. The number of rotatable bonds is 5. The van der Waals surface area contributed by atoms with Crippen molar-refractivity contribution in [3.05, 3.63) is 76.5 Å². The lowest BCUT2D eigenvalue weighted by atomic mass is 10.2. The molecule has 1 fully saturated rings. The third-order valence-corrected chi connectivity index (χ3v) is 6.17. The number of nitrogens with zero attached hydrogens (tertiary/aromatic N) is 4. The maximum atomic E-state index is 13.2.